The molecule has 0 radical (unpaired) electrons. The minimum Gasteiger partial charge on any atom is -0.409 e. The van der Waals surface area contributed by atoms with Crippen molar-refractivity contribution in [2.75, 3.05) is 0 Å². The standard InChI is InChI=1S/C14H16FN3OS/c1-9(13-3-2-6-20-13)17-8-10-4-5-11(15)7-12(10)14(16)18-19/h2-7,9,17,19H,8H2,1H3,(H2,16,18)/t9-/m0/s1. The Morgan fingerprint density at radius 3 is 2.95 bits per heavy atom. The van der Waals surface area contributed by atoms with E-state index in [9.17, 15) is 4.39 Å². The van der Waals surface area contributed by atoms with Crippen LogP contribution in [0.4, 0.5) is 4.39 Å². The van der Waals surface area contributed by atoms with Gasteiger partial charge in [-0.15, -0.1) is 11.3 Å². The average Bonchev–Trinajstić information content (AvgIpc) is 2.99. The highest BCUT2D eigenvalue weighted by atomic mass is 32.1. The van der Waals surface area contributed by atoms with E-state index in [1.807, 2.05) is 11.4 Å². The van der Waals surface area contributed by atoms with Gasteiger partial charge in [-0.05, 0) is 36.1 Å². The Labute approximate surface area is 120 Å². The third-order valence-electron chi connectivity index (χ3n) is 3.02. The van der Waals surface area contributed by atoms with E-state index in [0.717, 1.165) is 5.56 Å². The molecule has 0 aliphatic rings. The normalized spacial score (nSPS) is 13.4. The number of hydrogen-bond donors (Lipinski definition) is 3. The second kappa shape index (κ2) is 6.49. The molecule has 2 aromatic rings. The maximum atomic E-state index is 13.3. The van der Waals surface area contributed by atoms with Crippen molar-refractivity contribution in [3.05, 3.63) is 57.5 Å². The summed E-state index contributed by atoms with van der Waals surface area (Å²) < 4.78 is 13.3. The van der Waals surface area contributed by atoms with Gasteiger partial charge in [0.2, 0.25) is 0 Å². The fourth-order valence-corrected chi connectivity index (χ4v) is 2.66. The smallest absolute Gasteiger partial charge is 0.170 e. The molecule has 0 aliphatic heterocycles. The van der Waals surface area contributed by atoms with E-state index in [1.54, 1.807) is 17.4 Å². The number of nitrogens with zero attached hydrogens (tertiary/aromatic N) is 1. The molecule has 0 unspecified atom stereocenters. The molecule has 0 amide bonds. The van der Waals surface area contributed by atoms with E-state index in [0.29, 0.717) is 12.1 Å². The summed E-state index contributed by atoms with van der Waals surface area (Å²) in [5, 5.41) is 17.0. The van der Waals surface area contributed by atoms with Crippen molar-refractivity contribution in [1.82, 2.24) is 5.32 Å². The predicted molar refractivity (Wildman–Crippen MR) is 78.5 cm³/mol. The Hall–Kier alpha value is -1.92. The van der Waals surface area contributed by atoms with Crippen molar-refractivity contribution in [3.8, 4) is 0 Å². The second-order valence-electron chi connectivity index (χ2n) is 4.40. The minimum absolute atomic E-state index is 0.0925. The SMILES string of the molecule is C[C@H](NCc1ccc(F)cc1/C(N)=N/O)c1cccs1. The summed E-state index contributed by atoms with van der Waals surface area (Å²) in [6.07, 6.45) is 0. The Morgan fingerprint density at radius 2 is 2.30 bits per heavy atom. The predicted octanol–water partition coefficient (Wildman–Crippen LogP) is 2.83. The van der Waals surface area contributed by atoms with Crippen LogP contribution in [0.15, 0.2) is 40.9 Å². The van der Waals surface area contributed by atoms with Crippen molar-refractivity contribution >= 4 is 17.2 Å². The number of amidine groups is 1. The van der Waals surface area contributed by atoms with Gasteiger partial charge >= 0.3 is 0 Å². The van der Waals surface area contributed by atoms with Crippen LogP contribution in [-0.2, 0) is 6.54 Å². The topological polar surface area (TPSA) is 70.6 Å². The number of benzene rings is 1. The van der Waals surface area contributed by atoms with Crippen molar-refractivity contribution in [3.63, 3.8) is 0 Å². The van der Waals surface area contributed by atoms with Crippen LogP contribution in [0.2, 0.25) is 0 Å². The summed E-state index contributed by atoms with van der Waals surface area (Å²) >= 11 is 1.67. The third kappa shape index (κ3) is 3.34. The maximum Gasteiger partial charge on any atom is 0.170 e. The lowest BCUT2D eigenvalue weighted by Gasteiger charge is -2.14. The minimum atomic E-state index is -0.415. The van der Waals surface area contributed by atoms with Gasteiger partial charge < -0.3 is 16.3 Å². The largest absolute Gasteiger partial charge is 0.409 e. The molecule has 0 saturated heterocycles. The molecule has 4 N–H and O–H groups in total. The molecule has 106 valence electrons. The van der Waals surface area contributed by atoms with E-state index in [1.165, 1.54) is 17.0 Å². The lowest BCUT2D eigenvalue weighted by Crippen LogP contribution is -2.22. The van der Waals surface area contributed by atoms with Crippen LogP contribution in [0.25, 0.3) is 0 Å². The molecule has 0 saturated carbocycles. The first-order chi connectivity index (χ1) is 9.61. The molecule has 0 aliphatic carbocycles. The number of nitrogens with two attached hydrogens (primary N) is 1. The molecular formula is C14H16FN3OS. The summed E-state index contributed by atoms with van der Waals surface area (Å²) in [6.45, 7) is 2.56. The van der Waals surface area contributed by atoms with Crippen LogP contribution in [0.1, 0.15) is 29.0 Å². The number of oxime groups is 1. The molecule has 0 spiro atoms. The van der Waals surface area contributed by atoms with E-state index >= 15 is 0 Å². The number of nitrogens with one attached hydrogen (secondary N) is 1. The fraction of sp³-hybridized carbons (Fsp3) is 0.214. The van der Waals surface area contributed by atoms with Gasteiger partial charge in [-0.25, -0.2) is 4.39 Å². The van der Waals surface area contributed by atoms with E-state index in [-0.39, 0.29) is 11.9 Å². The lowest BCUT2D eigenvalue weighted by molar-refractivity contribution is 0.318. The van der Waals surface area contributed by atoms with Crippen molar-refractivity contribution in [1.29, 1.82) is 0 Å². The zero-order chi connectivity index (χ0) is 14.5. The Kier molecular flexibility index (Phi) is 4.70. The zero-order valence-electron chi connectivity index (χ0n) is 11.0. The highest BCUT2D eigenvalue weighted by Crippen LogP contribution is 2.19. The first kappa shape index (κ1) is 14.5. The molecule has 20 heavy (non-hydrogen) atoms. The number of halogens is 1. The number of rotatable bonds is 5. The molecule has 2 rings (SSSR count). The summed E-state index contributed by atoms with van der Waals surface area (Å²) in [6, 6.07) is 8.50. The quantitative estimate of drug-likeness (QED) is 0.343. The van der Waals surface area contributed by atoms with Gasteiger partial charge in [0, 0.05) is 23.0 Å². The monoisotopic (exact) mass is 293 g/mol. The summed E-state index contributed by atoms with van der Waals surface area (Å²) in [5.41, 5.74) is 6.76. The molecule has 6 heteroatoms. The molecule has 1 aromatic heterocycles. The molecule has 4 nitrogen and oxygen atoms in total. The van der Waals surface area contributed by atoms with Crippen LogP contribution in [0.5, 0.6) is 0 Å². The van der Waals surface area contributed by atoms with E-state index in [4.69, 9.17) is 10.9 Å². The van der Waals surface area contributed by atoms with Gasteiger partial charge in [-0.1, -0.05) is 17.3 Å². The summed E-state index contributed by atoms with van der Waals surface area (Å²) in [4.78, 5) is 1.22. The zero-order valence-corrected chi connectivity index (χ0v) is 11.8. The van der Waals surface area contributed by atoms with Crippen molar-refractivity contribution in [2.45, 2.75) is 19.5 Å². The van der Waals surface area contributed by atoms with Gasteiger partial charge in [0.1, 0.15) is 5.82 Å². The molecule has 0 bridgehead atoms. The van der Waals surface area contributed by atoms with Crippen LogP contribution in [0, 0.1) is 5.82 Å². The molecule has 1 aromatic carbocycles. The molecular weight excluding hydrogens is 277 g/mol. The number of hydrogen-bond acceptors (Lipinski definition) is 4. The second-order valence-corrected chi connectivity index (χ2v) is 5.38. The molecule has 0 fully saturated rings. The van der Waals surface area contributed by atoms with Gasteiger partial charge in [-0.3, -0.25) is 0 Å². The van der Waals surface area contributed by atoms with Crippen molar-refractivity contribution in [2.24, 2.45) is 10.9 Å². The lowest BCUT2D eigenvalue weighted by atomic mass is 10.1. The first-order valence-corrected chi connectivity index (χ1v) is 7.03. The van der Waals surface area contributed by atoms with E-state index < -0.39 is 5.82 Å². The van der Waals surface area contributed by atoms with Crippen LogP contribution < -0.4 is 11.1 Å². The summed E-state index contributed by atoms with van der Waals surface area (Å²) in [7, 11) is 0. The first-order valence-electron chi connectivity index (χ1n) is 6.15. The fourth-order valence-electron chi connectivity index (χ4n) is 1.90. The summed E-state index contributed by atoms with van der Waals surface area (Å²) in [5.74, 6) is -0.508. The van der Waals surface area contributed by atoms with Crippen molar-refractivity contribution < 1.29 is 9.60 Å². The Bertz CT molecular complexity index is 598. The third-order valence-corrected chi connectivity index (χ3v) is 4.08. The van der Waals surface area contributed by atoms with Gasteiger partial charge in [0.25, 0.3) is 0 Å². The number of thiophene rings is 1. The van der Waals surface area contributed by atoms with Crippen LogP contribution >= 0.6 is 11.3 Å². The Balaban J connectivity index is 2.13. The van der Waals surface area contributed by atoms with Crippen LogP contribution in [-0.4, -0.2) is 11.0 Å². The van der Waals surface area contributed by atoms with Gasteiger partial charge in [0.05, 0.1) is 0 Å². The van der Waals surface area contributed by atoms with Crippen LogP contribution in [0.3, 0.4) is 0 Å². The van der Waals surface area contributed by atoms with Gasteiger partial charge in [-0.2, -0.15) is 0 Å². The maximum absolute atomic E-state index is 13.3. The Morgan fingerprint density at radius 1 is 1.50 bits per heavy atom. The molecule has 1 heterocycles. The highest BCUT2D eigenvalue weighted by molar-refractivity contribution is 7.10. The van der Waals surface area contributed by atoms with Gasteiger partial charge in [0.15, 0.2) is 5.84 Å². The average molecular weight is 293 g/mol. The van der Waals surface area contributed by atoms with E-state index in [2.05, 4.69) is 23.5 Å². The highest BCUT2D eigenvalue weighted by Gasteiger charge is 2.11. The molecule has 1 atom stereocenters.